The summed E-state index contributed by atoms with van der Waals surface area (Å²) in [6.07, 6.45) is 5.55. The number of carbonyl (C=O) groups excluding carboxylic acids is 1. The van der Waals surface area contributed by atoms with Crippen LogP contribution in [0, 0.1) is 0 Å². The van der Waals surface area contributed by atoms with Crippen LogP contribution in [-0.4, -0.2) is 17.1 Å². The second-order valence-electron chi connectivity index (χ2n) is 2.26. The highest BCUT2D eigenvalue weighted by atomic mass is 79.9. The second kappa shape index (κ2) is 2.35. The van der Waals surface area contributed by atoms with Crippen molar-refractivity contribution in [3.8, 4) is 0 Å². The summed E-state index contributed by atoms with van der Waals surface area (Å²) in [5, 5.41) is 0. The summed E-state index contributed by atoms with van der Waals surface area (Å²) < 4.78 is 0.771. The molecule has 0 saturated carbocycles. The molecule has 58 valence electrons. The van der Waals surface area contributed by atoms with Crippen molar-refractivity contribution in [2.24, 2.45) is 0 Å². The lowest BCUT2D eigenvalue weighted by molar-refractivity contribution is 0.225. The van der Waals surface area contributed by atoms with Gasteiger partial charge in [-0.05, 0) is 28.1 Å². The van der Waals surface area contributed by atoms with Crippen molar-refractivity contribution in [1.29, 1.82) is 0 Å². The van der Waals surface area contributed by atoms with Gasteiger partial charge in [-0.25, -0.2) is 10.2 Å². The lowest BCUT2D eigenvalue weighted by atomic mass is 10.3. The number of fused-ring (bicyclic) bond motifs is 1. The second-order valence-corrected chi connectivity index (χ2v) is 3.08. The molecular formula is C6H6BrN3O. The number of nitrogens with one attached hydrogen (secondary N) is 2. The van der Waals surface area contributed by atoms with Gasteiger partial charge in [-0.2, -0.15) is 0 Å². The number of halogens is 1. The number of hydrazine groups is 1. The summed E-state index contributed by atoms with van der Waals surface area (Å²) in [4.78, 5) is 12.6. The molecule has 0 aliphatic carbocycles. The van der Waals surface area contributed by atoms with Gasteiger partial charge in [-0.15, -0.1) is 0 Å². The zero-order valence-corrected chi connectivity index (χ0v) is 7.13. The number of allylic oxidation sites excluding steroid dienone is 2. The van der Waals surface area contributed by atoms with Gasteiger partial charge in [0.2, 0.25) is 0 Å². The molecular weight excluding hydrogens is 210 g/mol. The molecule has 0 bridgehead atoms. The molecule has 4 nitrogen and oxygen atoms in total. The highest BCUT2D eigenvalue weighted by Gasteiger charge is 2.31. The molecule has 11 heavy (non-hydrogen) atoms. The van der Waals surface area contributed by atoms with Crippen molar-refractivity contribution >= 4 is 22.0 Å². The maximum absolute atomic E-state index is 11.1. The van der Waals surface area contributed by atoms with Gasteiger partial charge in [-0.1, -0.05) is 6.08 Å². The zero-order valence-electron chi connectivity index (χ0n) is 5.54. The van der Waals surface area contributed by atoms with Gasteiger partial charge in [0.15, 0.2) is 0 Å². The van der Waals surface area contributed by atoms with Crippen LogP contribution in [0.3, 0.4) is 0 Å². The normalized spacial score (nSPS) is 28.1. The van der Waals surface area contributed by atoms with Crippen LogP contribution in [0.1, 0.15) is 0 Å². The summed E-state index contributed by atoms with van der Waals surface area (Å²) in [5.41, 5.74) is 5.31. The average molecular weight is 216 g/mol. The fourth-order valence-corrected chi connectivity index (χ4v) is 1.61. The topological polar surface area (TPSA) is 44.4 Å². The van der Waals surface area contributed by atoms with Gasteiger partial charge in [0.05, 0.1) is 4.61 Å². The Morgan fingerprint density at radius 1 is 1.64 bits per heavy atom. The Balaban J connectivity index is 2.33. The van der Waals surface area contributed by atoms with E-state index < -0.39 is 0 Å². The standard InChI is InChI=1S/C6H6BrN3O/c7-4-2-1-3-5-8-9-6(11)10(4)5/h1-3,5,8H,(H,9,11). The van der Waals surface area contributed by atoms with Crippen LogP contribution in [0.15, 0.2) is 22.8 Å². The van der Waals surface area contributed by atoms with Crippen LogP contribution in [0.5, 0.6) is 0 Å². The number of hydrogen-bond donors (Lipinski definition) is 2. The van der Waals surface area contributed by atoms with Gasteiger partial charge >= 0.3 is 6.03 Å². The Morgan fingerprint density at radius 3 is 3.18 bits per heavy atom. The molecule has 2 amide bonds. The molecule has 0 aromatic rings. The largest absolute Gasteiger partial charge is 0.338 e. The average Bonchev–Trinajstić information content (AvgIpc) is 2.34. The summed E-state index contributed by atoms with van der Waals surface area (Å²) in [6, 6.07) is -0.137. The molecule has 1 fully saturated rings. The minimum Gasteiger partial charge on any atom is -0.271 e. The molecule has 0 aromatic heterocycles. The van der Waals surface area contributed by atoms with E-state index in [9.17, 15) is 4.79 Å². The van der Waals surface area contributed by atoms with Crippen LogP contribution < -0.4 is 10.9 Å². The number of amides is 2. The first-order valence-corrected chi connectivity index (χ1v) is 3.97. The third-order valence-corrected chi connectivity index (χ3v) is 2.23. The van der Waals surface area contributed by atoms with Crippen molar-refractivity contribution in [2.45, 2.75) is 6.17 Å². The number of rotatable bonds is 0. The molecule has 2 aliphatic rings. The van der Waals surface area contributed by atoms with Gasteiger partial charge in [0.1, 0.15) is 6.17 Å². The molecule has 1 unspecified atom stereocenters. The lowest BCUT2D eigenvalue weighted by Gasteiger charge is -2.20. The predicted octanol–water partition coefficient (Wildman–Crippen LogP) is 0.648. The Labute approximate surface area is 72.0 Å². The maximum atomic E-state index is 11.1. The lowest BCUT2D eigenvalue weighted by Crippen LogP contribution is -2.34. The molecule has 2 rings (SSSR count). The Bertz CT molecular complexity index is 261. The molecule has 2 N–H and O–H groups in total. The van der Waals surface area contributed by atoms with E-state index in [1.54, 1.807) is 4.90 Å². The molecule has 0 radical (unpaired) electrons. The predicted molar refractivity (Wildman–Crippen MR) is 43.4 cm³/mol. The van der Waals surface area contributed by atoms with Crippen molar-refractivity contribution in [3.63, 3.8) is 0 Å². The molecule has 1 saturated heterocycles. The third kappa shape index (κ3) is 0.965. The minimum atomic E-state index is -0.137. The van der Waals surface area contributed by atoms with Gasteiger partial charge in [0.25, 0.3) is 0 Å². The third-order valence-electron chi connectivity index (χ3n) is 1.58. The molecule has 2 aliphatic heterocycles. The molecule has 5 heteroatoms. The van der Waals surface area contributed by atoms with Gasteiger partial charge in [0, 0.05) is 0 Å². The Hall–Kier alpha value is -0.810. The fourth-order valence-electron chi connectivity index (χ4n) is 1.07. The summed E-state index contributed by atoms with van der Waals surface area (Å²) in [5.74, 6) is 0. The summed E-state index contributed by atoms with van der Waals surface area (Å²) in [7, 11) is 0. The van der Waals surface area contributed by atoms with Crippen molar-refractivity contribution in [3.05, 3.63) is 22.8 Å². The van der Waals surface area contributed by atoms with E-state index in [4.69, 9.17) is 0 Å². The molecule has 2 heterocycles. The highest BCUT2D eigenvalue weighted by molar-refractivity contribution is 9.11. The quantitative estimate of drug-likeness (QED) is 0.584. The summed E-state index contributed by atoms with van der Waals surface area (Å²) >= 11 is 3.27. The molecule has 0 spiro atoms. The van der Waals surface area contributed by atoms with Gasteiger partial charge < -0.3 is 0 Å². The zero-order chi connectivity index (χ0) is 7.84. The Kier molecular flexibility index (Phi) is 1.47. The summed E-state index contributed by atoms with van der Waals surface area (Å²) in [6.45, 7) is 0. The Morgan fingerprint density at radius 2 is 2.45 bits per heavy atom. The number of urea groups is 1. The van der Waals surface area contributed by atoms with Crippen LogP contribution in [0.2, 0.25) is 0 Å². The van der Waals surface area contributed by atoms with E-state index >= 15 is 0 Å². The van der Waals surface area contributed by atoms with E-state index in [2.05, 4.69) is 26.8 Å². The van der Waals surface area contributed by atoms with Crippen LogP contribution >= 0.6 is 15.9 Å². The molecule has 1 atom stereocenters. The maximum Gasteiger partial charge on any atom is 0.338 e. The monoisotopic (exact) mass is 215 g/mol. The highest BCUT2D eigenvalue weighted by Crippen LogP contribution is 2.21. The van der Waals surface area contributed by atoms with Crippen LogP contribution in [0.25, 0.3) is 0 Å². The fraction of sp³-hybridized carbons (Fsp3) is 0.167. The van der Waals surface area contributed by atoms with E-state index in [0.717, 1.165) is 4.61 Å². The SMILES string of the molecule is O=C1NNC2C=CC=C(Br)N12. The first kappa shape index (κ1) is 6.87. The minimum absolute atomic E-state index is 0.0538. The number of hydrogen-bond acceptors (Lipinski definition) is 2. The van der Waals surface area contributed by atoms with E-state index in [-0.39, 0.29) is 12.2 Å². The first-order valence-electron chi connectivity index (χ1n) is 3.18. The van der Waals surface area contributed by atoms with E-state index in [1.807, 2.05) is 18.2 Å². The van der Waals surface area contributed by atoms with Crippen LogP contribution in [-0.2, 0) is 0 Å². The number of carbonyl (C=O) groups is 1. The van der Waals surface area contributed by atoms with Gasteiger partial charge in [-0.3, -0.25) is 10.3 Å². The first-order chi connectivity index (χ1) is 5.29. The van der Waals surface area contributed by atoms with E-state index in [0.29, 0.717) is 0 Å². The van der Waals surface area contributed by atoms with Crippen molar-refractivity contribution < 1.29 is 4.79 Å². The van der Waals surface area contributed by atoms with Crippen LogP contribution in [0.4, 0.5) is 4.79 Å². The van der Waals surface area contributed by atoms with Crippen molar-refractivity contribution in [2.75, 3.05) is 0 Å². The smallest absolute Gasteiger partial charge is 0.271 e. The number of nitrogens with zero attached hydrogens (tertiary/aromatic N) is 1. The van der Waals surface area contributed by atoms with E-state index in [1.165, 1.54) is 0 Å². The van der Waals surface area contributed by atoms with Crippen molar-refractivity contribution in [1.82, 2.24) is 15.8 Å². The molecule has 0 aromatic carbocycles.